The molecule has 5 rings (SSSR count). The Morgan fingerprint density at radius 2 is 1.85 bits per heavy atom. The molecule has 0 aliphatic carbocycles. The molecule has 4 aromatic rings. The molecule has 2 N–H and O–H groups in total. The first-order chi connectivity index (χ1) is 16.1. The molecular formula is C24H26N8O. The summed E-state index contributed by atoms with van der Waals surface area (Å²) in [7, 11) is 0. The summed E-state index contributed by atoms with van der Waals surface area (Å²) in [6.45, 7) is 9.78. The van der Waals surface area contributed by atoms with Crippen LogP contribution < -0.4 is 21.1 Å². The third-order valence-corrected chi connectivity index (χ3v) is 5.66. The molecular weight excluding hydrogens is 416 g/mol. The Kier molecular flexibility index (Phi) is 5.62. The molecule has 0 spiro atoms. The molecule has 0 saturated carbocycles. The van der Waals surface area contributed by atoms with E-state index in [1.165, 1.54) is 5.56 Å². The number of pyridine rings is 1. The van der Waals surface area contributed by atoms with E-state index in [1.807, 2.05) is 49.4 Å². The molecule has 168 valence electrons. The number of aryl methyl sites for hydroxylation is 1. The van der Waals surface area contributed by atoms with Crippen molar-refractivity contribution < 1.29 is 0 Å². The highest BCUT2D eigenvalue weighted by Gasteiger charge is 2.19. The minimum absolute atomic E-state index is 0.179. The third-order valence-electron chi connectivity index (χ3n) is 5.66. The number of nitrogens with one attached hydrogen (secondary N) is 2. The fraction of sp³-hybridized carbons (Fsp3) is 0.250. The molecule has 4 heterocycles. The first-order valence-electron chi connectivity index (χ1n) is 11.0. The molecule has 1 fully saturated rings. The van der Waals surface area contributed by atoms with Crippen molar-refractivity contribution in [3.8, 4) is 5.82 Å². The third kappa shape index (κ3) is 4.10. The molecule has 1 saturated heterocycles. The van der Waals surface area contributed by atoms with Crippen molar-refractivity contribution >= 4 is 28.5 Å². The van der Waals surface area contributed by atoms with Gasteiger partial charge in [-0.3, -0.25) is 4.79 Å². The number of piperazine rings is 1. The highest BCUT2D eigenvalue weighted by atomic mass is 16.1. The molecule has 0 atom stereocenters. The minimum atomic E-state index is -0.179. The second-order valence-corrected chi connectivity index (χ2v) is 8.00. The number of allylic oxidation sites excluding steroid dienone is 1. The van der Waals surface area contributed by atoms with Crippen LogP contribution in [0.1, 0.15) is 5.56 Å². The maximum absolute atomic E-state index is 13.2. The molecule has 0 unspecified atom stereocenters. The molecule has 1 aliphatic rings. The van der Waals surface area contributed by atoms with Gasteiger partial charge in [-0.15, -0.1) is 6.58 Å². The molecule has 0 radical (unpaired) electrons. The lowest BCUT2D eigenvalue weighted by Crippen LogP contribution is -2.44. The second kappa shape index (κ2) is 8.87. The molecule has 9 heteroatoms. The van der Waals surface area contributed by atoms with Gasteiger partial charge in [0.05, 0.1) is 6.54 Å². The highest BCUT2D eigenvalue weighted by molar-refractivity contribution is 5.77. The maximum atomic E-state index is 13.2. The Morgan fingerprint density at radius 1 is 1.09 bits per heavy atom. The van der Waals surface area contributed by atoms with Crippen LogP contribution in [0.4, 0.5) is 17.5 Å². The Bertz CT molecular complexity index is 1350. The molecule has 1 aliphatic heterocycles. The van der Waals surface area contributed by atoms with E-state index in [0.29, 0.717) is 29.3 Å². The summed E-state index contributed by atoms with van der Waals surface area (Å²) in [4.78, 5) is 29.3. The highest BCUT2D eigenvalue weighted by Crippen LogP contribution is 2.20. The zero-order valence-electron chi connectivity index (χ0n) is 18.5. The normalized spacial score (nSPS) is 13.9. The van der Waals surface area contributed by atoms with Crippen molar-refractivity contribution in [3.05, 3.63) is 77.2 Å². The zero-order valence-corrected chi connectivity index (χ0v) is 18.5. The maximum Gasteiger partial charge on any atom is 0.278 e. The SMILES string of the molecule is C=CCn1c(=O)c2cnc(Nc3ccc(C)cc3)nc2n1-c1cccc(N2CCNCC2)n1. The number of aromatic nitrogens is 5. The van der Waals surface area contributed by atoms with Crippen LogP contribution in [0, 0.1) is 6.92 Å². The topological polar surface area (TPSA) is 92.9 Å². The fourth-order valence-corrected chi connectivity index (χ4v) is 3.97. The van der Waals surface area contributed by atoms with Crippen molar-refractivity contribution in [2.45, 2.75) is 13.5 Å². The minimum Gasteiger partial charge on any atom is -0.354 e. The van der Waals surface area contributed by atoms with Gasteiger partial charge in [0.15, 0.2) is 11.5 Å². The number of nitrogens with zero attached hydrogens (tertiary/aromatic N) is 6. The van der Waals surface area contributed by atoms with E-state index in [2.05, 4.69) is 27.1 Å². The molecule has 9 nitrogen and oxygen atoms in total. The number of hydrogen-bond donors (Lipinski definition) is 2. The second-order valence-electron chi connectivity index (χ2n) is 8.00. The summed E-state index contributed by atoms with van der Waals surface area (Å²) < 4.78 is 3.35. The fourth-order valence-electron chi connectivity index (χ4n) is 3.97. The number of benzene rings is 1. The van der Waals surface area contributed by atoms with Crippen LogP contribution in [0.25, 0.3) is 16.9 Å². The number of fused-ring (bicyclic) bond motifs is 1. The standard InChI is InChI=1S/C24H26N8O/c1-3-13-31-23(33)19-16-26-24(27-18-9-7-17(2)8-10-18)29-22(19)32(31)21-6-4-5-20(28-21)30-14-11-25-12-15-30/h3-10,16,25H,1,11-15H2,2H3,(H,26,27,29). The first-order valence-corrected chi connectivity index (χ1v) is 11.0. The van der Waals surface area contributed by atoms with Gasteiger partial charge in [0.25, 0.3) is 5.56 Å². The summed E-state index contributed by atoms with van der Waals surface area (Å²) in [6.07, 6.45) is 3.26. The van der Waals surface area contributed by atoms with Crippen molar-refractivity contribution in [2.75, 3.05) is 36.4 Å². The van der Waals surface area contributed by atoms with Gasteiger partial charge in [0.2, 0.25) is 5.95 Å². The van der Waals surface area contributed by atoms with Crippen LogP contribution in [-0.2, 0) is 6.54 Å². The Labute approximate surface area is 191 Å². The number of anilines is 3. The van der Waals surface area contributed by atoms with E-state index in [0.717, 1.165) is 37.7 Å². The molecule has 0 bridgehead atoms. The van der Waals surface area contributed by atoms with Gasteiger partial charge in [-0.25, -0.2) is 19.3 Å². The average molecular weight is 443 g/mol. The predicted molar refractivity (Wildman–Crippen MR) is 131 cm³/mol. The molecule has 3 aromatic heterocycles. The van der Waals surface area contributed by atoms with Gasteiger partial charge in [-0.1, -0.05) is 29.8 Å². The van der Waals surface area contributed by atoms with E-state index in [1.54, 1.807) is 21.6 Å². The van der Waals surface area contributed by atoms with E-state index < -0.39 is 0 Å². The first kappa shape index (κ1) is 20.9. The summed E-state index contributed by atoms with van der Waals surface area (Å²) in [5.74, 6) is 1.91. The van der Waals surface area contributed by atoms with Crippen molar-refractivity contribution in [1.82, 2.24) is 29.6 Å². The number of rotatable bonds is 6. The largest absolute Gasteiger partial charge is 0.354 e. The average Bonchev–Trinajstić information content (AvgIpc) is 3.12. The van der Waals surface area contributed by atoms with Crippen LogP contribution in [-0.4, -0.2) is 50.5 Å². The lowest BCUT2D eigenvalue weighted by Gasteiger charge is -2.28. The van der Waals surface area contributed by atoms with Gasteiger partial charge in [0.1, 0.15) is 11.2 Å². The van der Waals surface area contributed by atoms with Gasteiger partial charge in [0, 0.05) is 38.1 Å². The predicted octanol–water partition coefficient (Wildman–Crippen LogP) is 2.62. The van der Waals surface area contributed by atoms with Gasteiger partial charge in [-0.2, -0.15) is 4.98 Å². The molecule has 1 aromatic carbocycles. The van der Waals surface area contributed by atoms with Crippen molar-refractivity contribution in [2.24, 2.45) is 0 Å². The van der Waals surface area contributed by atoms with E-state index in [4.69, 9.17) is 9.97 Å². The summed E-state index contributed by atoms with van der Waals surface area (Å²) in [6, 6.07) is 13.8. The van der Waals surface area contributed by atoms with Crippen LogP contribution in [0.5, 0.6) is 0 Å². The zero-order chi connectivity index (χ0) is 22.8. The van der Waals surface area contributed by atoms with E-state index in [-0.39, 0.29) is 5.56 Å². The quantitative estimate of drug-likeness (QED) is 0.444. The van der Waals surface area contributed by atoms with Crippen molar-refractivity contribution in [3.63, 3.8) is 0 Å². The van der Waals surface area contributed by atoms with Crippen molar-refractivity contribution in [1.29, 1.82) is 0 Å². The summed E-state index contributed by atoms with van der Waals surface area (Å²) in [5.41, 5.74) is 2.36. The lowest BCUT2D eigenvalue weighted by atomic mass is 10.2. The number of hydrogen-bond acceptors (Lipinski definition) is 7. The molecule has 0 amide bonds. The monoisotopic (exact) mass is 442 g/mol. The van der Waals surface area contributed by atoms with E-state index >= 15 is 0 Å². The van der Waals surface area contributed by atoms with E-state index in [9.17, 15) is 4.79 Å². The van der Waals surface area contributed by atoms with Crippen LogP contribution in [0.2, 0.25) is 0 Å². The molecule has 33 heavy (non-hydrogen) atoms. The van der Waals surface area contributed by atoms with Crippen LogP contribution in [0.15, 0.2) is 66.1 Å². The smallest absolute Gasteiger partial charge is 0.278 e. The van der Waals surface area contributed by atoms with Gasteiger partial charge in [-0.05, 0) is 31.2 Å². The van der Waals surface area contributed by atoms with Gasteiger partial charge >= 0.3 is 0 Å². The lowest BCUT2D eigenvalue weighted by molar-refractivity contribution is 0.578. The van der Waals surface area contributed by atoms with Gasteiger partial charge < -0.3 is 15.5 Å². The van der Waals surface area contributed by atoms with Crippen LogP contribution in [0.3, 0.4) is 0 Å². The Balaban J connectivity index is 1.61. The summed E-state index contributed by atoms with van der Waals surface area (Å²) in [5, 5.41) is 7.01. The Hall–Kier alpha value is -3.98. The van der Waals surface area contributed by atoms with Crippen LogP contribution >= 0.6 is 0 Å². The summed E-state index contributed by atoms with van der Waals surface area (Å²) >= 11 is 0. The Morgan fingerprint density at radius 3 is 2.61 bits per heavy atom.